The van der Waals surface area contributed by atoms with Gasteiger partial charge < -0.3 is 9.47 Å². The summed E-state index contributed by atoms with van der Waals surface area (Å²) in [6, 6.07) is 7.41. The molecule has 0 aromatic heterocycles. The highest BCUT2D eigenvalue weighted by Crippen LogP contribution is 2.31. The summed E-state index contributed by atoms with van der Waals surface area (Å²) in [5.74, 6) is 1.85. The van der Waals surface area contributed by atoms with Crippen LogP contribution >= 0.6 is 0 Å². The first-order valence-electron chi connectivity index (χ1n) is 8.71. The second-order valence-electron chi connectivity index (χ2n) is 7.06. The van der Waals surface area contributed by atoms with Crippen molar-refractivity contribution in [3.63, 3.8) is 0 Å². The lowest BCUT2D eigenvalue weighted by molar-refractivity contribution is 0.0650. The molecule has 0 amide bonds. The summed E-state index contributed by atoms with van der Waals surface area (Å²) in [5.41, 5.74) is 2.50. The number of benzene rings is 1. The quantitative estimate of drug-likeness (QED) is 0.856. The smallest absolute Gasteiger partial charge is 0.127 e. The highest BCUT2D eigenvalue weighted by Gasteiger charge is 2.34. The van der Waals surface area contributed by atoms with Gasteiger partial charge in [0.1, 0.15) is 18.1 Å². The van der Waals surface area contributed by atoms with Crippen molar-refractivity contribution in [3.8, 4) is 11.5 Å². The molecule has 0 aliphatic carbocycles. The third kappa shape index (κ3) is 2.98. The zero-order valence-electron chi connectivity index (χ0n) is 14.1. The summed E-state index contributed by atoms with van der Waals surface area (Å²) in [6.45, 7) is 7.78. The minimum absolute atomic E-state index is 0.622. The first kappa shape index (κ1) is 15.0. The molecule has 1 aromatic rings. The van der Waals surface area contributed by atoms with E-state index in [-0.39, 0.29) is 0 Å². The Kier molecular flexibility index (Phi) is 4.04. The fourth-order valence-corrected chi connectivity index (χ4v) is 4.15. The molecule has 0 N–H and O–H groups in total. The van der Waals surface area contributed by atoms with Crippen LogP contribution in [0.25, 0.3) is 6.08 Å². The van der Waals surface area contributed by atoms with Gasteiger partial charge in [0.2, 0.25) is 0 Å². The lowest BCUT2D eigenvalue weighted by Gasteiger charge is -2.42. The van der Waals surface area contributed by atoms with E-state index in [0.29, 0.717) is 12.6 Å². The number of methoxy groups -OCH3 is 1. The van der Waals surface area contributed by atoms with Crippen molar-refractivity contribution in [1.29, 1.82) is 0 Å². The van der Waals surface area contributed by atoms with E-state index < -0.39 is 0 Å². The molecule has 4 nitrogen and oxygen atoms in total. The van der Waals surface area contributed by atoms with Gasteiger partial charge in [-0.2, -0.15) is 0 Å². The van der Waals surface area contributed by atoms with Gasteiger partial charge in [0, 0.05) is 37.3 Å². The molecule has 0 spiro atoms. The van der Waals surface area contributed by atoms with Crippen LogP contribution in [0.5, 0.6) is 11.5 Å². The van der Waals surface area contributed by atoms with Gasteiger partial charge in [0.15, 0.2) is 0 Å². The van der Waals surface area contributed by atoms with Gasteiger partial charge in [-0.1, -0.05) is 0 Å². The number of fused-ring (bicyclic) bond motifs is 2. The second-order valence-corrected chi connectivity index (χ2v) is 7.06. The number of ether oxygens (including phenoxy) is 2. The van der Waals surface area contributed by atoms with E-state index in [1.807, 2.05) is 12.1 Å². The van der Waals surface area contributed by atoms with E-state index in [1.165, 1.54) is 38.0 Å². The molecule has 3 aliphatic heterocycles. The standard InChI is InChI=1S/C19H26N2O2/c1-14-10-20-7-3-4-17(20)12-21(14)11-15-8-16-9-18(22-2)5-6-19(16)23-13-15/h5-6,8-9,14,17H,3-4,7,10-13H2,1-2H3/t14-,17+/m1/s1. The van der Waals surface area contributed by atoms with E-state index in [2.05, 4.69) is 28.9 Å². The Hall–Kier alpha value is -1.52. The largest absolute Gasteiger partial charge is 0.497 e. The fourth-order valence-electron chi connectivity index (χ4n) is 4.15. The Morgan fingerprint density at radius 3 is 3.09 bits per heavy atom. The first-order chi connectivity index (χ1) is 11.2. The lowest BCUT2D eigenvalue weighted by atomic mass is 10.0. The average molecular weight is 314 g/mol. The summed E-state index contributed by atoms with van der Waals surface area (Å²) in [4.78, 5) is 5.31. The molecule has 0 bridgehead atoms. The van der Waals surface area contributed by atoms with Crippen LogP contribution in [-0.4, -0.2) is 61.8 Å². The number of nitrogens with zero attached hydrogens (tertiary/aromatic N) is 2. The summed E-state index contributed by atoms with van der Waals surface area (Å²) < 4.78 is 11.3. The molecular weight excluding hydrogens is 288 g/mol. The normalized spacial score (nSPS) is 27.8. The van der Waals surface area contributed by atoms with Gasteiger partial charge in [0.05, 0.1) is 7.11 Å². The summed E-state index contributed by atoms with van der Waals surface area (Å²) in [5, 5.41) is 0. The molecule has 1 aromatic carbocycles. The van der Waals surface area contributed by atoms with Gasteiger partial charge in [-0.15, -0.1) is 0 Å². The molecule has 23 heavy (non-hydrogen) atoms. The lowest BCUT2D eigenvalue weighted by Crippen LogP contribution is -2.55. The maximum Gasteiger partial charge on any atom is 0.127 e. The van der Waals surface area contributed by atoms with E-state index in [4.69, 9.17) is 9.47 Å². The maximum atomic E-state index is 5.94. The molecule has 4 rings (SSSR count). The molecule has 0 saturated carbocycles. The molecule has 2 atom stereocenters. The molecule has 2 saturated heterocycles. The minimum Gasteiger partial charge on any atom is -0.497 e. The predicted molar refractivity (Wildman–Crippen MR) is 92.1 cm³/mol. The Morgan fingerprint density at radius 2 is 2.22 bits per heavy atom. The number of rotatable bonds is 3. The van der Waals surface area contributed by atoms with Gasteiger partial charge in [-0.05, 0) is 56.2 Å². The van der Waals surface area contributed by atoms with Crippen molar-refractivity contribution in [2.75, 3.05) is 39.9 Å². The van der Waals surface area contributed by atoms with Crippen LogP contribution in [0.3, 0.4) is 0 Å². The molecule has 0 radical (unpaired) electrons. The SMILES string of the molecule is COc1ccc2c(c1)C=C(CN1C[C@@H]3CCCN3C[C@H]1C)CO2. The van der Waals surface area contributed by atoms with Crippen molar-refractivity contribution in [2.45, 2.75) is 31.8 Å². The van der Waals surface area contributed by atoms with E-state index in [0.717, 1.165) is 29.6 Å². The van der Waals surface area contributed by atoms with Crippen molar-refractivity contribution < 1.29 is 9.47 Å². The van der Waals surface area contributed by atoms with Gasteiger partial charge in [-0.25, -0.2) is 0 Å². The highest BCUT2D eigenvalue weighted by atomic mass is 16.5. The van der Waals surface area contributed by atoms with Crippen molar-refractivity contribution in [3.05, 3.63) is 29.3 Å². The van der Waals surface area contributed by atoms with Crippen LogP contribution < -0.4 is 9.47 Å². The average Bonchev–Trinajstić information content (AvgIpc) is 3.01. The van der Waals surface area contributed by atoms with Crippen LogP contribution in [-0.2, 0) is 0 Å². The van der Waals surface area contributed by atoms with Crippen LogP contribution in [0.4, 0.5) is 0 Å². The topological polar surface area (TPSA) is 24.9 Å². The second kappa shape index (κ2) is 6.17. The fraction of sp³-hybridized carbons (Fsp3) is 0.579. The Morgan fingerprint density at radius 1 is 1.30 bits per heavy atom. The summed E-state index contributed by atoms with van der Waals surface area (Å²) in [6.07, 6.45) is 5.01. The molecular formula is C19H26N2O2. The minimum atomic E-state index is 0.622. The third-order valence-electron chi connectivity index (χ3n) is 5.46. The maximum absolute atomic E-state index is 5.94. The molecule has 4 heteroatoms. The highest BCUT2D eigenvalue weighted by molar-refractivity contribution is 5.64. The van der Waals surface area contributed by atoms with Gasteiger partial charge in [-0.3, -0.25) is 9.80 Å². The van der Waals surface area contributed by atoms with Crippen molar-refractivity contribution >= 4 is 6.08 Å². The van der Waals surface area contributed by atoms with Crippen LogP contribution in [0, 0.1) is 0 Å². The number of hydrogen-bond acceptors (Lipinski definition) is 4. The van der Waals surface area contributed by atoms with Gasteiger partial charge in [0.25, 0.3) is 0 Å². The third-order valence-corrected chi connectivity index (χ3v) is 5.46. The molecule has 3 aliphatic rings. The monoisotopic (exact) mass is 314 g/mol. The summed E-state index contributed by atoms with van der Waals surface area (Å²) in [7, 11) is 1.71. The van der Waals surface area contributed by atoms with E-state index in [1.54, 1.807) is 7.11 Å². The zero-order valence-corrected chi connectivity index (χ0v) is 14.1. The van der Waals surface area contributed by atoms with Crippen molar-refractivity contribution in [1.82, 2.24) is 9.80 Å². The molecule has 124 valence electrons. The van der Waals surface area contributed by atoms with E-state index in [9.17, 15) is 0 Å². The Labute approximate surface area is 138 Å². The van der Waals surface area contributed by atoms with E-state index >= 15 is 0 Å². The van der Waals surface area contributed by atoms with Crippen LogP contribution in [0.1, 0.15) is 25.3 Å². The van der Waals surface area contributed by atoms with Crippen LogP contribution in [0.15, 0.2) is 23.8 Å². The molecule has 2 fully saturated rings. The number of hydrogen-bond donors (Lipinski definition) is 0. The van der Waals surface area contributed by atoms with Crippen LogP contribution in [0.2, 0.25) is 0 Å². The predicted octanol–water partition coefficient (Wildman–Crippen LogP) is 2.64. The van der Waals surface area contributed by atoms with Crippen molar-refractivity contribution in [2.24, 2.45) is 0 Å². The molecule has 3 heterocycles. The Balaban J connectivity index is 1.49. The first-order valence-corrected chi connectivity index (χ1v) is 8.71. The molecule has 0 unspecified atom stereocenters. The van der Waals surface area contributed by atoms with Gasteiger partial charge >= 0.3 is 0 Å². The number of piperazine rings is 1. The summed E-state index contributed by atoms with van der Waals surface area (Å²) >= 11 is 0. The zero-order chi connectivity index (χ0) is 15.8. The Bertz CT molecular complexity index is 613.